The Balaban J connectivity index is 2.18. The zero-order chi connectivity index (χ0) is 6.53. The second kappa shape index (κ2) is 4.10. The molecule has 0 spiro atoms. The zero-order valence-corrected chi connectivity index (χ0v) is 7.03. The van der Waals surface area contributed by atoms with Crippen LogP contribution < -0.4 is 0 Å². The van der Waals surface area contributed by atoms with E-state index in [1.807, 2.05) is 0 Å². The summed E-state index contributed by atoms with van der Waals surface area (Å²) in [5.41, 5.74) is 0. The van der Waals surface area contributed by atoms with E-state index >= 15 is 0 Å². The van der Waals surface area contributed by atoms with Crippen molar-refractivity contribution in [1.29, 1.82) is 0 Å². The molecule has 1 heteroatoms. The van der Waals surface area contributed by atoms with Gasteiger partial charge in [0.1, 0.15) is 0 Å². The maximum atomic E-state index is 3.59. The molecule has 1 aliphatic rings. The van der Waals surface area contributed by atoms with Crippen LogP contribution in [-0.4, -0.2) is 10.2 Å². The first kappa shape index (κ1) is 7.33. The molecule has 1 aliphatic carbocycles. The van der Waals surface area contributed by atoms with E-state index in [4.69, 9.17) is 0 Å². The van der Waals surface area contributed by atoms with Crippen LogP contribution in [-0.2, 0) is 0 Å². The molecule has 0 nitrogen and oxygen atoms in total. The van der Waals surface area contributed by atoms with Crippen LogP contribution >= 0.6 is 0 Å². The SMILES string of the molecule is [Si]CC1CCCCCC1. The van der Waals surface area contributed by atoms with Gasteiger partial charge in [-0.05, 0) is 5.92 Å². The van der Waals surface area contributed by atoms with E-state index in [1.54, 1.807) is 0 Å². The molecule has 0 heterocycles. The summed E-state index contributed by atoms with van der Waals surface area (Å²) >= 11 is 0. The summed E-state index contributed by atoms with van der Waals surface area (Å²) in [5, 5.41) is 0. The second-order valence-electron chi connectivity index (χ2n) is 3.06. The first-order valence-electron chi connectivity index (χ1n) is 4.08. The van der Waals surface area contributed by atoms with Gasteiger partial charge in [-0.1, -0.05) is 44.6 Å². The number of rotatable bonds is 1. The van der Waals surface area contributed by atoms with Gasteiger partial charge >= 0.3 is 0 Å². The topological polar surface area (TPSA) is 0 Å². The third kappa shape index (κ3) is 2.52. The average molecular weight is 139 g/mol. The fourth-order valence-corrected chi connectivity index (χ4v) is 1.98. The first-order chi connectivity index (χ1) is 4.43. The van der Waals surface area contributed by atoms with Crippen molar-refractivity contribution < 1.29 is 0 Å². The molecule has 1 saturated carbocycles. The molecule has 0 N–H and O–H groups in total. The molecule has 0 saturated heterocycles. The van der Waals surface area contributed by atoms with Crippen molar-refractivity contribution in [2.75, 3.05) is 0 Å². The quantitative estimate of drug-likeness (QED) is 0.387. The van der Waals surface area contributed by atoms with Gasteiger partial charge in [-0.2, -0.15) is 0 Å². The standard InChI is InChI=1S/C8H15Si/c9-7-8-5-3-1-2-4-6-8/h8H,1-7H2. The Morgan fingerprint density at radius 3 is 2.00 bits per heavy atom. The lowest BCUT2D eigenvalue weighted by Gasteiger charge is -2.08. The summed E-state index contributed by atoms with van der Waals surface area (Å²) in [5.74, 6) is 0.990. The van der Waals surface area contributed by atoms with Crippen molar-refractivity contribution in [2.24, 2.45) is 5.92 Å². The lowest BCUT2D eigenvalue weighted by atomic mass is 10.0. The monoisotopic (exact) mass is 139 g/mol. The Bertz CT molecular complexity index is 63.0. The molecule has 0 amide bonds. The summed E-state index contributed by atoms with van der Waals surface area (Å²) in [6.45, 7) is 0. The fraction of sp³-hybridized carbons (Fsp3) is 1.00. The van der Waals surface area contributed by atoms with Gasteiger partial charge in [0.05, 0.1) is 0 Å². The molecule has 9 heavy (non-hydrogen) atoms. The Morgan fingerprint density at radius 1 is 1.00 bits per heavy atom. The van der Waals surface area contributed by atoms with Crippen LogP contribution in [0, 0.1) is 5.92 Å². The van der Waals surface area contributed by atoms with Gasteiger partial charge in [-0.25, -0.2) is 0 Å². The van der Waals surface area contributed by atoms with E-state index in [9.17, 15) is 0 Å². The molecule has 0 aromatic heterocycles. The van der Waals surface area contributed by atoms with Crippen molar-refractivity contribution >= 4 is 10.2 Å². The molecule has 0 atom stereocenters. The number of hydrogen-bond acceptors (Lipinski definition) is 0. The van der Waals surface area contributed by atoms with Gasteiger partial charge in [0.25, 0.3) is 0 Å². The predicted octanol–water partition coefficient (Wildman–Crippen LogP) is 2.54. The van der Waals surface area contributed by atoms with E-state index < -0.39 is 0 Å². The minimum atomic E-state index is 0.990. The van der Waals surface area contributed by atoms with Crippen molar-refractivity contribution in [3.8, 4) is 0 Å². The Labute approximate surface area is 61.5 Å². The maximum Gasteiger partial charge on any atom is 0.0225 e. The molecule has 3 radical (unpaired) electrons. The lowest BCUT2D eigenvalue weighted by molar-refractivity contribution is 0.505. The minimum absolute atomic E-state index is 0.990. The van der Waals surface area contributed by atoms with Crippen LogP contribution in [0.15, 0.2) is 0 Å². The van der Waals surface area contributed by atoms with Crippen molar-refractivity contribution in [3.05, 3.63) is 0 Å². The molecule has 51 valence electrons. The van der Waals surface area contributed by atoms with E-state index in [-0.39, 0.29) is 0 Å². The largest absolute Gasteiger partial charge is 0.0609 e. The first-order valence-corrected chi connectivity index (χ1v) is 4.79. The fourth-order valence-electron chi connectivity index (χ4n) is 1.57. The van der Waals surface area contributed by atoms with E-state index in [0.29, 0.717) is 0 Å². The summed E-state index contributed by atoms with van der Waals surface area (Å²) in [4.78, 5) is 0. The molecular formula is C8H15Si. The van der Waals surface area contributed by atoms with Crippen molar-refractivity contribution in [2.45, 2.75) is 44.6 Å². The highest BCUT2D eigenvalue weighted by molar-refractivity contribution is 6.08. The molecule has 0 unspecified atom stereocenters. The predicted molar refractivity (Wildman–Crippen MR) is 41.8 cm³/mol. The van der Waals surface area contributed by atoms with E-state index in [2.05, 4.69) is 10.2 Å². The summed E-state index contributed by atoms with van der Waals surface area (Å²) < 4.78 is 0. The zero-order valence-electron chi connectivity index (χ0n) is 6.03. The smallest absolute Gasteiger partial charge is 0.0225 e. The van der Waals surface area contributed by atoms with Gasteiger partial charge < -0.3 is 0 Å². The summed E-state index contributed by atoms with van der Waals surface area (Å²) in [6.07, 6.45) is 8.81. The Hall–Kier alpha value is 0.217. The van der Waals surface area contributed by atoms with Gasteiger partial charge in [0.15, 0.2) is 0 Å². The van der Waals surface area contributed by atoms with Crippen LogP contribution in [0.1, 0.15) is 38.5 Å². The van der Waals surface area contributed by atoms with Crippen LogP contribution in [0.3, 0.4) is 0 Å². The molecule has 0 bridgehead atoms. The van der Waals surface area contributed by atoms with Gasteiger partial charge in [-0.3, -0.25) is 0 Å². The van der Waals surface area contributed by atoms with Gasteiger partial charge in [-0.15, -0.1) is 0 Å². The van der Waals surface area contributed by atoms with Crippen LogP contribution in [0.2, 0.25) is 6.04 Å². The summed E-state index contributed by atoms with van der Waals surface area (Å²) in [7, 11) is 3.59. The molecule has 0 aromatic carbocycles. The highest BCUT2D eigenvalue weighted by Crippen LogP contribution is 2.24. The molecule has 0 aliphatic heterocycles. The third-order valence-corrected chi connectivity index (χ3v) is 2.84. The molecule has 1 fully saturated rings. The number of hydrogen-bond donors (Lipinski definition) is 0. The highest BCUT2D eigenvalue weighted by Gasteiger charge is 2.08. The second-order valence-corrected chi connectivity index (χ2v) is 3.47. The van der Waals surface area contributed by atoms with Gasteiger partial charge in [0, 0.05) is 10.2 Å². The molecular weight excluding hydrogens is 124 g/mol. The van der Waals surface area contributed by atoms with Crippen LogP contribution in [0.25, 0.3) is 0 Å². The van der Waals surface area contributed by atoms with E-state index in [0.717, 1.165) is 5.92 Å². The Kier molecular flexibility index (Phi) is 3.34. The van der Waals surface area contributed by atoms with Gasteiger partial charge in [0.2, 0.25) is 0 Å². The van der Waals surface area contributed by atoms with E-state index in [1.165, 1.54) is 44.6 Å². The summed E-state index contributed by atoms with van der Waals surface area (Å²) in [6, 6.07) is 1.22. The minimum Gasteiger partial charge on any atom is -0.0609 e. The lowest BCUT2D eigenvalue weighted by Crippen LogP contribution is -1.95. The Morgan fingerprint density at radius 2 is 1.56 bits per heavy atom. The highest BCUT2D eigenvalue weighted by atomic mass is 28.1. The van der Waals surface area contributed by atoms with Crippen molar-refractivity contribution in [1.82, 2.24) is 0 Å². The normalized spacial score (nSPS) is 23.7. The van der Waals surface area contributed by atoms with Crippen LogP contribution in [0.5, 0.6) is 0 Å². The average Bonchev–Trinajstić information content (AvgIpc) is 2.13. The molecule has 1 rings (SSSR count). The van der Waals surface area contributed by atoms with Crippen molar-refractivity contribution in [3.63, 3.8) is 0 Å². The maximum absolute atomic E-state index is 3.59. The van der Waals surface area contributed by atoms with Crippen LogP contribution in [0.4, 0.5) is 0 Å². The molecule has 0 aromatic rings. The third-order valence-electron chi connectivity index (χ3n) is 2.26.